The quantitative estimate of drug-likeness (QED) is 0.847. The molecule has 0 aliphatic heterocycles. The molecule has 0 radical (unpaired) electrons. The highest BCUT2D eigenvalue weighted by atomic mass is 79.9. The van der Waals surface area contributed by atoms with Gasteiger partial charge in [-0.25, -0.2) is 0 Å². The maximum atomic E-state index is 9.12. The van der Waals surface area contributed by atoms with Gasteiger partial charge in [0.05, 0.1) is 12.3 Å². The first kappa shape index (κ1) is 14.6. The second kappa shape index (κ2) is 6.55. The fourth-order valence-corrected chi connectivity index (χ4v) is 3.13. The van der Waals surface area contributed by atoms with Crippen molar-refractivity contribution >= 4 is 37.5 Å². The molecule has 0 unspecified atom stereocenters. The molecule has 4 heteroatoms. The number of aliphatic hydroxyl groups is 1. The molecule has 0 amide bonds. The van der Waals surface area contributed by atoms with Crippen molar-refractivity contribution in [2.75, 3.05) is 11.9 Å². The van der Waals surface area contributed by atoms with E-state index in [0.717, 1.165) is 26.7 Å². The number of benzene rings is 2. The van der Waals surface area contributed by atoms with E-state index in [1.165, 1.54) is 5.56 Å². The van der Waals surface area contributed by atoms with Crippen LogP contribution in [-0.4, -0.2) is 12.2 Å². The average Bonchev–Trinajstić information content (AvgIpc) is 2.38. The Labute approximate surface area is 130 Å². The molecular formula is C15H15Br2NO. The van der Waals surface area contributed by atoms with Crippen LogP contribution in [-0.2, 0) is 13.2 Å². The zero-order valence-corrected chi connectivity index (χ0v) is 13.8. The van der Waals surface area contributed by atoms with Crippen molar-refractivity contribution in [3.05, 3.63) is 62.5 Å². The lowest BCUT2D eigenvalue weighted by atomic mass is 10.2. The summed E-state index contributed by atoms with van der Waals surface area (Å²) in [5.41, 5.74) is 3.26. The summed E-state index contributed by atoms with van der Waals surface area (Å²) in [7, 11) is 2.06. The topological polar surface area (TPSA) is 23.5 Å². The fraction of sp³-hybridized carbons (Fsp3) is 0.200. The lowest BCUT2D eigenvalue weighted by Crippen LogP contribution is -2.16. The third kappa shape index (κ3) is 3.81. The van der Waals surface area contributed by atoms with Gasteiger partial charge in [-0.3, -0.25) is 0 Å². The summed E-state index contributed by atoms with van der Waals surface area (Å²) < 4.78 is 2.09. The second-order valence-corrected chi connectivity index (χ2v) is 6.20. The molecule has 0 aliphatic carbocycles. The molecular weight excluding hydrogens is 370 g/mol. The molecule has 19 heavy (non-hydrogen) atoms. The average molecular weight is 385 g/mol. The molecule has 2 nitrogen and oxygen atoms in total. The van der Waals surface area contributed by atoms with Gasteiger partial charge in [-0.1, -0.05) is 34.1 Å². The minimum Gasteiger partial charge on any atom is -0.392 e. The third-order valence-electron chi connectivity index (χ3n) is 2.91. The Morgan fingerprint density at radius 1 is 1.05 bits per heavy atom. The van der Waals surface area contributed by atoms with E-state index < -0.39 is 0 Å². The number of hydrogen-bond donors (Lipinski definition) is 1. The van der Waals surface area contributed by atoms with Crippen LogP contribution < -0.4 is 4.90 Å². The van der Waals surface area contributed by atoms with Gasteiger partial charge in [0.1, 0.15) is 0 Å². The van der Waals surface area contributed by atoms with Crippen molar-refractivity contribution in [1.82, 2.24) is 0 Å². The summed E-state index contributed by atoms with van der Waals surface area (Å²) >= 11 is 7.04. The minimum absolute atomic E-state index is 0.0637. The largest absolute Gasteiger partial charge is 0.392 e. The maximum absolute atomic E-state index is 9.12. The van der Waals surface area contributed by atoms with E-state index in [9.17, 15) is 0 Å². The fourth-order valence-electron chi connectivity index (χ4n) is 1.95. The molecule has 1 N–H and O–H groups in total. The molecule has 0 spiro atoms. The molecule has 2 rings (SSSR count). The zero-order valence-electron chi connectivity index (χ0n) is 10.6. The Balaban J connectivity index is 2.18. The summed E-state index contributed by atoms with van der Waals surface area (Å²) in [4.78, 5) is 2.17. The maximum Gasteiger partial charge on any atom is 0.0682 e. The van der Waals surface area contributed by atoms with Crippen LogP contribution in [0.5, 0.6) is 0 Å². The van der Waals surface area contributed by atoms with Crippen molar-refractivity contribution in [3.8, 4) is 0 Å². The highest BCUT2D eigenvalue weighted by Crippen LogP contribution is 2.28. The molecule has 0 saturated carbocycles. The van der Waals surface area contributed by atoms with Crippen LogP contribution in [0.4, 0.5) is 5.69 Å². The van der Waals surface area contributed by atoms with Crippen molar-refractivity contribution in [2.24, 2.45) is 0 Å². The number of anilines is 1. The summed E-state index contributed by atoms with van der Waals surface area (Å²) in [5.74, 6) is 0. The van der Waals surface area contributed by atoms with Crippen molar-refractivity contribution in [3.63, 3.8) is 0 Å². The summed E-state index contributed by atoms with van der Waals surface area (Å²) in [6.07, 6.45) is 0. The van der Waals surface area contributed by atoms with E-state index in [4.69, 9.17) is 5.11 Å². The van der Waals surface area contributed by atoms with Crippen LogP contribution in [0.25, 0.3) is 0 Å². The molecule has 0 atom stereocenters. The Morgan fingerprint density at radius 3 is 2.47 bits per heavy atom. The molecule has 2 aromatic rings. The monoisotopic (exact) mass is 383 g/mol. The SMILES string of the molecule is CN(Cc1cccc(Br)c1)c1ccc(CO)cc1Br. The molecule has 0 fully saturated rings. The summed E-state index contributed by atoms with van der Waals surface area (Å²) in [5, 5.41) is 9.12. The molecule has 100 valence electrons. The Bertz CT molecular complexity index is 572. The van der Waals surface area contributed by atoms with Crippen LogP contribution in [0, 0.1) is 0 Å². The third-order valence-corrected chi connectivity index (χ3v) is 4.04. The van der Waals surface area contributed by atoms with Crippen LogP contribution in [0.3, 0.4) is 0 Å². The van der Waals surface area contributed by atoms with E-state index in [2.05, 4.69) is 55.9 Å². The van der Waals surface area contributed by atoms with Gasteiger partial charge in [0, 0.05) is 22.5 Å². The smallest absolute Gasteiger partial charge is 0.0682 e. The van der Waals surface area contributed by atoms with Crippen molar-refractivity contribution in [1.29, 1.82) is 0 Å². The number of nitrogens with zero attached hydrogens (tertiary/aromatic N) is 1. The molecule has 2 aromatic carbocycles. The van der Waals surface area contributed by atoms with Crippen molar-refractivity contribution in [2.45, 2.75) is 13.2 Å². The molecule has 0 saturated heterocycles. The van der Waals surface area contributed by atoms with Gasteiger partial charge in [0.2, 0.25) is 0 Å². The van der Waals surface area contributed by atoms with Crippen molar-refractivity contribution < 1.29 is 5.11 Å². The first-order valence-corrected chi connectivity index (χ1v) is 7.53. The number of rotatable bonds is 4. The normalized spacial score (nSPS) is 10.5. The molecule has 0 aromatic heterocycles. The van der Waals surface area contributed by atoms with Gasteiger partial charge >= 0.3 is 0 Å². The van der Waals surface area contributed by atoms with Crippen LogP contribution in [0.2, 0.25) is 0 Å². The van der Waals surface area contributed by atoms with Gasteiger partial charge in [-0.2, -0.15) is 0 Å². The first-order chi connectivity index (χ1) is 9.10. The van der Waals surface area contributed by atoms with E-state index in [1.807, 2.05) is 30.3 Å². The van der Waals surface area contributed by atoms with Crippen LogP contribution >= 0.6 is 31.9 Å². The number of halogens is 2. The number of hydrogen-bond acceptors (Lipinski definition) is 2. The minimum atomic E-state index is 0.0637. The predicted molar refractivity (Wildman–Crippen MR) is 86.3 cm³/mol. The standard InChI is InChI=1S/C15H15Br2NO/c1-18(9-11-3-2-4-13(16)7-11)15-6-5-12(10-19)8-14(15)17/h2-8,19H,9-10H2,1H3. The van der Waals surface area contributed by atoms with E-state index in [1.54, 1.807) is 0 Å². The summed E-state index contributed by atoms with van der Waals surface area (Å²) in [6, 6.07) is 14.2. The molecule has 0 aliphatic rings. The summed E-state index contributed by atoms with van der Waals surface area (Å²) in [6.45, 7) is 0.894. The number of aliphatic hydroxyl groups excluding tert-OH is 1. The van der Waals surface area contributed by atoms with Crippen LogP contribution in [0.15, 0.2) is 51.4 Å². The van der Waals surface area contributed by atoms with Crippen LogP contribution in [0.1, 0.15) is 11.1 Å². The van der Waals surface area contributed by atoms with Gasteiger partial charge in [0.15, 0.2) is 0 Å². The van der Waals surface area contributed by atoms with Gasteiger partial charge in [-0.15, -0.1) is 0 Å². The Kier molecular flexibility index (Phi) is 5.02. The predicted octanol–water partition coefficient (Wildman–Crippen LogP) is 4.34. The van der Waals surface area contributed by atoms with Gasteiger partial charge in [-0.05, 0) is 51.3 Å². The Morgan fingerprint density at radius 2 is 1.84 bits per heavy atom. The van der Waals surface area contributed by atoms with Gasteiger partial charge < -0.3 is 10.0 Å². The highest BCUT2D eigenvalue weighted by molar-refractivity contribution is 9.10. The van der Waals surface area contributed by atoms with Gasteiger partial charge in [0.25, 0.3) is 0 Å². The first-order valence-electron chi connectivity index (χ1n) is 5.95. The van der Waals surface area contributed by atoms with E-state index in [0.29, 0.717) is 0 Å². The molecule has 0 bridgehead atoms. The lowest BCUT2D eigenvalue weighted by molar-refractivity contribution is 0.282. The lowest BCUT2D eigenvalue weighted by Gasteiger charge is -2.21. The molecule has 0 heterocycles. The zero-order chi connectivity index (χ0) is 13.8. The van der Waals surface area contributed by atoms with E-state index >= 15 is 0 Å². The van der Waals surface area contributed by atoms with E-state index in [-0.39, 0.29) is 6.61 Å². The highest BCUT2D eigenvalue weighted by Gasteiger charge is 2.07. The Hall–Kier alpha value is -0.840. The second-order valence-electron chi connectivity index (χ2n) is 4.43.